The van der Waals surface area contributed by atoms with E-state index in [1.807, 2.05) is 19.1 Å². The second-order valence-electron chi connectivity index (χ2n) is 2.69. The van der Waals surface area contributed by atoms with Gasteiger partial charge in [0.2, 0.25) is 5.91 Å². The molecule has 0 saturated carbocycles. The molecule has 1 rings (SSSR count). The maximum atomic E-state index is 10.9. The molecule has 1 aromatic heterocycles. The SMILES string of the molecule is CCC(SCc1ccco1)C(N)=O. The molecule has 0 aromatic carbocycles. The van der Waals surface area contributed by atoms with Crippen LogP contribution in [0.25, 0.3) is 0 Å². The van der Waals surface area contributed by atoms with Gasteiger partial charge in [-0.05, 0) is 18.6 Å². The lowest BCUT2D eigenvalue weighted by atomic mass is 10.3. The number of amides is 1. The van der Waals surface area contributed by atoms with E-state index in [0.717, 1.165) is 12.2 Å². The van der Waals surface area contributed by atoms with E-state index in [-0.39, 0.29) is 11.2 Å². The van der Waals surface area contributed by atoms with E-state index in [1.165, 1.54) is 11.8 Å². The molecule has 0 aliphatic heterocycles. The van der Waals surface area contributed by atoms with Gasteiger partial charge in [-0.15, -0.1) is 11.8 Å². The highest BCUT2D eigenvalue weighted by Gasteiger charge is 2.13. The fraction of sp³-hybridized carbons (Fsp3) is 0.444. The third kappa shape index (κ3) is 3.14. The Hall–Kier alpha value is -0.900. The van der Waals surface area contributed by atoms with Gasteiger partial charge in [0.25, 0.3) is 0 Å². The molecule has 0 aliphatic rings. The van der Waals surface area contributed by atoms with Crippen LogP contribution in [0.5, 0.6) is 0 Å². The van der Waals surface area contributed by atoms with E-state index < -0.39 is 0 Å². The van der Waals surface area contributed by atoms with E-state index in [4.69, 9.17) is 10.2 Å². The van der Waals surface area contributed by atoms with Gasteiger partial charge in [-0.1, -0.05) is 6.92 Å². The summed E-state index contributed by atoms with van der Waals surface area (Å²) in [6.07, 6.45) is 2.39. The van der Waals surface area contributed by atoms with Gasteiger partial charge in [-0.2, -0.15) is 0 Å². The monoisotopic (exact) mass is 199 g/mol. The Labute approximate surface area is 81.7 Å². The minimum Gasteiger partial charge on any atom is -0.468 e. The van der Waals surface area contributed by atoms with E-state index in [1.54, 1.807) is 6.26 Å². The molecule has 0 spiro atoms. The Kier molecular flexibility index (Phi) is 3.89. The van der Waals surface area contributed by atoms with Crippen molar-refractivity contribution >= 4 is 17.7 Å². The zero-order valence-electron chi connectivity index (χ0n) is 7.53. The Bertz CT molecular complexity index is 259. The van der Waals surface area contributed by atoms with Crippen LogP contribution in [0.4, 0.5) is 0 Å². The first kappa shape index (κ1) is 10.2. The molecule has 1 aromatic rings. The average molecular weight is 199 g/mol. The summed E-state index contributed by atoms with van der Waals surface area (Å²) in [4.78, 5) is 10.9. The molecule has 0 aliphatic carbocycles. The predicted octanol–water partition coefficient (Wildman–Crippen LogP) is 1.78. The average Bonchev–Trinajstić information content (AvgIpc) is 2.57. The summed E-state index contributed by atoms with van der Waals surface area (Å²) in [5.74, 6) is 1.33. The number of primary amides is 1. The van der Waals surface area contributed by atoms with Crippen molar-refractivity contribution in [3.63, 3.8) is 0 Å². The highest BCUT2D eigenvalue weighted by atomic mass is 32.2. The summed E-state index contributed by atoms with van der Waals surface area (Å²) in [7, 11) is 0. The number of thioether (sulfide) groups is 1. The molecular formula is C9H13NO2S. The summed E-state index contributed by atoms with van der Waals surface area (Å²) >= 11 is 1.52. The van der Waals surface area contributed by atoms with Crippen molar-refractivity contribution < 1.29 is 9.21 Å². The van der Waals surface area contributed by atoms with Crippen molar-refractivity contribution in [2.75, 3.05) is 0 Å². The number of hydrogen-bond donors (Lipinski definition) is 1. The number of nitrogens with two attached hydrogens (primary N) is 1. The van der Waals surface area contributed by atoms with Crippen LogP contribution in [0.15, 0.2) is 22.8 Å². The second kappa shape index (κ2) is 4.97. The number of carbonyl (C=O) groups excluding carboxylic acids is 1. The van der Waals surface area contributed by atoms with Gasteiger partial charge < -0.3 is 10.2 Å². The summed E-state index contributed by atoms with van der Waals surface area (Å²) in [5, 5.41) is -0.106. The zero-order chi connectivity index (χ0) is 9.68. The van der Waals surface area contributed by atoms with Gasteiger partial charge in [0.15, 0.2) is 0 Å². The molecule has 3 nitrogen and oxygen atoms in total. The minimum absolute atomic E-state index is 0.106. The van der Waals surface area contributed by atoms with Crippen molar-refractivity contribution in [1.82, 2.24) is 0 Å². The normalized spacial score (nSPS) is 12.7. The molecule has 1 amide bonds. The highest BCUT2D eigenvalue weighted by Crippen LogP contribution is 2.19. The molecule has 13 heavy (non-hydrogen) atoms. The lowest BCUT2D eigenvalue weighted by Crippen LogP contribution is -2.24. The van der Waals surface area contributed by atoms with Gasteiger partial charge in [-0.3, -0.25) is 4.79 Å². The van der Waals surface area contributed by atoms with Crippen molar-refractivity contribution in [2.24, 2.45) is 5.73 Å². The summed E-state index contributed by atoms with van der Waals surface area (Å²) < 4.78 is 5.14. The van der Waals surface area contributed by atoms with Crippen molar-refractivity contribution in [3.8, 4) is 0 Å². The number of hydrogen-bond acceptors (Lipinski definition) is 3. The Morgan fingerprint density at radius 1 is 1.77 bits per heavy atom. The van der Waals surface area contributed by atoms with Gasteiger partial charge in [0.05, 0.1) is 17.3 Å². The third-order valence-electron chi connectivity index (χ3n) is 1.70. The molecule has 0 bridgehead atoms. The Morgan fingerprint density at radius 3 is 3.00 bits per heavy atom. The third-order valence-corrected chi connectivity index (χ3v) is 3.11. The Balaban J connectivity index is 2.36. The van der Waals surface area contributed by atoms with Crippen molar-refractivity contribution in [2.45, 2.75) is 24.3 Å². The van der Waals surface area contributed by atoms with Crippen LogP contribution >= 0.6 is 11.8 Å². The van der Waals surface area contributed by atoms with Crippen LogP contribution in [-0.2, 0) is 10.5 Å². The van der Waals surface area contributed by atoms with Crippen LogP contribution in [0, 0.1) is 0 Å². The van der Waals surface area contributed by atoms with Crippen LogP contribution in [0.3, 0.4) is 0 Å². The van der Waals surface area contributed by atoms with Crippen molar-refractivity contribution in [3.05, 3.63) is 24.2 Å². The van der Waals surface area contributed by atoms with E-state index >= 15 is 0 Å². The first-order valence-electron chi connectivity index (χ1n) is 4.17. The predicted molar refractivity (Wildman–Crippen MR) is 53.3 cm³/mol. The van der Waals surface area contributed by atoms with Gasteiger partial charge >= 0.3 is 0 Å². The van der Waals surface area contributed by atoms with E-state index in [2.05, 4.69) is 0 Å². The smallest absolute Gasteiger partial charge is 0.230 e. The topological polar surface area (TPSA) is 56.2 Å². The van der Waals surface area contributed by atoms with Gasteiger partial charge in [0.1, 0.15) is 5.76 Å². The first-order chi connectivity index (χ1) is 6.24. The number of furan rings is 1. The van der Waals surface area contributed by atoms with Crippen LogP contribution in [0.2, 0.25) is 0 Å². The molecule has 4 heteroatoms. The number of carbonyl (C=O) groups is 1. The first-order valence-corrected chi connectivity index (χ1v) is 5.22. The quantitative estimate of drug-likeness (QED) is 0.786. The molecule has 0 radical (unpaired) electrons. The molecular weight excluding hydrogens is 186 g/mol. The van der Waals surface area contributed by atoms with Crippen LogP contribution < -0.4 is 5.73 Å². The van der Waals surface area contributed by atoms with E-state index in [0.29, 0.717) is 5.75 Å². The fourth-order valence-electron chi connectivity index (χ4n) is 0.979. The summed E-state index contributed by atoms with van der Waals surface area (Å²) in [6, 6.07) is 3.72. The van der Waals surface area contributed by atoms with Gasteiger partial charge in [-0.25, -0.2) is 0 Å². The molecule has 0 fully saturated rings. The molecule has 1 unspecified atom stereocenters. The maximum Gasteiger partial charge on any atom is 0.230 e. The molecule has 1 heterocycles. The molecule has 1 atom stereocenters. The Morgan fingerprint density at radius 2 is 2.54 bits per heavy atom. The molecule has 0 saturated heterocycles. The largest absolute Gasteiger partial charge is 0.468 e. The van der Waals surface area contributed by atoms with Gasteiger partial charge in [0, 0.05) is 0 Å². The second-order valence-corrected chi connectivity index (χ2v) is 3.88. The minimum atomic E-state index is -0.251. The van der Waals surface area contributed by atoms with Crippen molar-refractivity contribution in [1.29, 1.82) is 0 Å². The number of rotatable bonds is 5. The highest BCUT2D eigenvalue weighted by molar-refractivity contribution is 7.99. The summed E-state index contributed by atoms with van der Waals surface area (Å²) in [5.41, 5.74) is 5.20. The fourth-order valence-corrected chi connectivity index (χ4v) is 1.91. The molecule has 72 valence electrons. The standard InChI is InChI=1S/C9H13NO2S/c1-2-8(9(10)11)13-6-7-4-3-5-12-7/h3-5,8H,2,6H2,1H3,(H2,10,11). The maximum absolute atomic E-state index is 10.9. The van der Waals surface area contributed by atoms with Crippen LogP contribution in [-0.4, -0.2) is 11.2 Å². The summed E-state index contributed by atoms with van der Waals surface area (Å²) in [6.45, 7) is 1.95. The lowest BCUT2D eigenvalue weighted by Gasteiger charge is -2.08. The van der Waals surface area contributed by atoms with E-state index in [9.17, 15) is 4.79 Å². The van der Waals surface area contributed by atoms with Crippen LogP contribution in [0.1, 0.15) is 19.1 Å². The molecule has 2 N–H and O–H groups in total. The zero-order valence-corrected chi connectivity index (χ0v) is 8.34. The lowest BCUT2D eigenvalue weighted by molar-refractivity contribution is -0.117.